The Balaban J connectivity index is 2.39. The molecule has 3 N–H and O–H groups in total. The third-order valence-corrected chi connectivity index (χ3v) is 3.99. The first-order valence-corrected chi connectivity index (χ1v) is 7.24. The van der Waals surface area contributed by atoms with Gasteiger partial charge in [-0.05, 0) is 19.1 Å². The molecule has 10 heteroatoms. The fourth-order valence-corrected chi connectivity index (χ4v) is 2.98. The molecule has 0 radical (unpaired) electrons. The average molecular weight is 355 g/mol. The molecule has 0 amide bonds. The first-order valence-electron chi connectivity index (χ1n) is 7.24. The van der Waals surface area contributed by atoms with Crippen molar-refractivity contribution in [2.75, 3.05) is 0 Å². The molecule has 0 aliphatic rings. The summed E-state index contributed by atoms with van der Waals surface area (Å²) in [6.45, 7) is 1.70. The van der Waals surface area contributed by atoms with Crippen LogP contribution in [0, 0.1) is 6.92 Å². The van der Waals surface area contributed by atoms with Crippen LogP contribution >= 0.6 is 0 Å². The van der Waals surface area contributed by atoms with Crippen molar-refractivity contribution in [1.82, 2.24) is 14.5 Å². The Hall–Kier alpha value is -3.95. The van der Waals surface area contributed by atoms with Gasteiger partial charge in [0.2, 0.25) is 0 Å². The van der Waals surface area contributed by atoms with E-state index in [9.17, 15) is 24.6 Å². The SMILES string of the molecule is Cc1ccc2c(n1)c1nc(C(=O)O)oc1c1c(C(=O)O)cn(C(=O)O)c21. The number of aromatic nitrogens is 3. The van der Waals surface area contributed by atoms with Gasteiger partial charge in [0.25, 0.3) is 0 Å². The zero-order valence-electron chi connectivity index (χ0n) is 13.0. The molecular formula is C16H9N3O7. The molecule has 0 aliphatic carbocycles. The van der Waals surface area contributed by atoms with E-state index < -0.39 is 23.9 Å². The van der Waals surface area contributed by atoms with Crippen molar-refractivity contribution in [3.05, 3.63) is 35.5 Å². The van der Waals surface area contributed by atoms with E-state index in [0.29, 0.717) is 11.1 Å². The maximum absolute atomic E-state index is 11.6. The summed E-state index contributed by atoms with van der Waals surface area (Å²) in [5.74, 6) is -3.47. The van der Waals surface area contributed by atoms with Crippen LogP contribution in [0.25, 0.3) is 32.9 Å². The number of nitrogens with zero attached hydrogens (tertiary/aromatic N) is 3. The molecule has 0 unspecified atom stereocenters. The summed E-state index contributed by atoms with van der Waals surface area (Å²) in [6.07, 6.45) is -0.460. The van der Waals surface area contributed by atoms with Crippen LogP contribution in [0.15, 0.2) is 22.7 Å². The Bertz CT molecular complexity index is 1280. The molecule has 10 nitrogen and oxygen atoms in total. The molecule has 0 fully saturated rings. The molecule has 0 atom stereocenters. The van der Waals surface area contributed by atoms with E-state index >= 15 is 0 Å². The molecule has 3 heterocycles. The molecule has 4 rings (SSSR count). The molecular weight excluding hydrogens is 346 g/mol. The normalized spacial score (nSPS) is 11.4. The lowest BCUT2D eigenvalue weighted by molar-refractivity contribution is 0.0654. The van der Waals surface area contributed by atoms with Gasteiger partial charge < -0.3 is 19.7 Å². The van der Waals surface area contributed by atoms with Gasteiger partial charge in [-0.2, -0.15) is 0 Å². The van der Waals surface area contributed by atoms with Gasteiger partial charge in [0.15, 0.2) is 5.58 Å². The second-order valence-electron chi connectivity index (χ2n) is 5.57. The number of fused-ring (bicyclic) bond motifs is 6. The van der Waals surface area contributed by atoms with Gasteiger partial charge in [-0.1, -0.05) is 0 Å². The lowest BCUT2D eigenvalue weighted by Gasteiger charge is -2.05. The number of benzene rings is 1. The fraction of sp³-hybridized carbons (Fsp3) is 0.0625. The smallest absolute Gasteiger partial charge is 0.416 e. The van der Waals surface area contributed by atoms with Crippen LogP contribution in [0.1, 0.15) is 26.7 Å². The molecule has 0 bridgehead atoms. The molecule has 4 aromatic rings. The van der Waals surface area contributed by atoms with Gasteiger partial charge >= 0.3 is 23.9 Å². The van der Waals surface area contributed by atoms with Crippen molar-refractivity contribution >= 4 is 50.9 Å². The van der Waals surface area contributed by atoms with Crippen LogP contribution in [0.5, 0.6) is 0 Å². The summed E-state index contributed by atoms with van der Waals surface area (Å²) < 4.78 is 6.00. The predicted octanol–water partition coefficient (Wildman–Crippen LogP) is 2.56. The molecule has 1 aromatic carbocycles. The van der Waals surface area contributed by atoms with Gasteiger partial charge in [0.05, 0.1) is 16.5 Å². The molecule has 3 aromatic heterocycles. The Morgan fingerprint density at radius 3 is 2.38 bits per heavy atom. The Morgan fingerprint density at radius 1 is 1.04 bits per heavy atom. The number of hydrogen-bond donors (Lipinski definition) is 3. The highest BCUT2D eigenvalue weighted by Crippen LogP contribution is 2.37. The van der Waals surface area contributed by atoms with Gasteiger partial charge in [0.1, 0.15) is 11.0 Å². The summed E-state index contributed by atoms with van der Waals surface area (Å²) in [5, 5.41) is 28.4. The predicted molar refractivity (Wildman–Crippen MR) is 86.9 cm³/mol. The lowest BCUT2D eigenvalue weighted by atomic mass is 10.1. The van der Waals surface area contributed by atoms with Crippen molar-refractivity contribution in [3.8, 4) is 0 Å². The molecule has 0 saturated carbocycles. The molecule has 0 spiro atoms. The second-order valence-corrected chi connectivity index (χ2v) is 5.57. The van der Waals surface area contributed by atoms with E-state index in [1.807, 2.05) is 0 Å². The van der Waals surface area contributed by atoms with Crippen molar-refractivity contribution in [3.63, 3.8) is 0 Å². The van der Waals surface area contributed by atoms with E-state index in [1.165, 1.54) is 0 Å². The Labute approximate surface area is 142 Å². The fourth-order valence-electron chi connectivity index (χ4n) is 2.98. The molecule has 0 saturated heterocycles. The van der Waals surface area contributed by atoms with E-state index in [0.717, 1.165) is 10.8 Å². The number of aromatic carboxylic acids is 2. The van der Waals surface area contributed by atoms with Crippen LogP contribution < -0.4 is 0 Å². The number of carbonyl (C=O) groups is 3. The number of oxazole rings is 1. The summed E-state index contributed by atoms with van der Waals surface area (Å²) in [7, 11) is 0. The van der Waals surface area contributed by atoms with Crippen LogP contribution in [-0.2, 0) is 0 Å². The summed E-state index contributed by atoms with van der Waals surface area (Å²) >= 11 is 0. The van der Waals surface area contributed by atoms with Crippen LogP contribution in [0.2, 0.25) is 0 Å². The largest absolute Gasteiger partial charge is 0.478 e. The number of carboxylic acid groups (broad SMARTS) is 3. The van der Waals surface area contributed by atoms with Crippen molar-refractivity contribution < 1.29 is 34.1 Å². The number of pyridine rings is 1. The number of rotatable bonds is 2. The summed E-state index contributed by atoms with van der Waals surface area (Å²) in [5.41, 5.74) is 0.423. The molecule has 26 heavy (non-hydrogen) atoms. The van der Waals surface area contributed by atoms with Gasteiger partial charge in [0, 0.05) is 17.3 Å². The van der Waals surface area contributed by atoms with Crippen molar-refractivity contribution in [1.29, 1.82) is 0 Å². The topological polar surface area (TPSA) is 156 Å². The summed E-state index contributed by atoms with van der Waals surface area (Å²) in [6, 6.07) is 3.21. The third-order valence-electron chi connectivity index (χ3n) is 3.99. The number of hydrogen-bond acceptors (Lipinski definition) is 6. The zero-order valence-corrected chi connectivity index (χ0v) is 13.0. The minimum absolute atomic E-state index is 0.0398. The highest BCUT2D eigenvalue weighted by atomic mass is 16.4. The van der Waals surface area contributed by atoms with Gasteiger partial charge in [-0.15, -0.1) is 0 Å². The van der Waals surface area contributed by atoms with Crippen LogP contribution in [0.3, 0.4) is 0 Å². The third kappa shape index (κ3) is 1.95. The first kappa shape index (κ1) is 15.6. The number of carboxylic acids is 2. The standard InChI is InChI=1S/C16H9N3O7/c1-5-2-3-6-9(17-5)10-12(26-13(18-10)15(22)23)8-7(14(20)21)4-19(11(6)8)16(24)25/h2-4H,1H3,(H,20,21)(H,22,23)(H,24,25). The highest BCUT2D eigenvalue weighted by molar-refractivity contribution is 6.26. The highest BCUT2D eigenvalue weighted by Gasteiger charge is 2.27. The second kappa shape index (κ2) is 5.02. The molecule has 0 aliphatic heterocycles. The quantitative estimate of drug-likeness (QED) is 0.491. The van der Waals surface area contributed by atoms with Crippen molar-refractivity contribution in [2.24, 2.45) is 0 Å². The minimum atomic E-state index is -1.44. The molecule has 130 valence electrons. The lowest BCUT2D eigenvalue weighted by Crippen LogP contribution is -2.06. The maximum atomic E-state index is 11.6. The van der Waals surface area contributed by atoms with Gasteiger partial charge in [-0.25, -0.2) is 19.4 Å². The van der Waals surface area contributed by atoms with Crippen molar-refractivity contribution in [2.45, 2.75) is 6.92 Å². The Kier molecular flexibility index (Phi) is 3.01. The maximum Gasteiger partial charge on any atom is 0.416 e. The first-order chi connectivity index (χ1) is 12.3. The van der Waals surface area contributed by atoms with E-state index in [-0.39, 0.29) is 33.1 Å². The monoisotopic (exact) mass is 355 g/mol. The zero-order chi connectivity index (χ0) is 18.7. The van der Waals surface area contributed by atoms with E-state index in [2.05, 4.69) is 9.97 Å². The Morgan fingerprint density at radius 2 is 1.77 bits per heavy atom. The van der Waals surface area contributed by atoms with Crippen LogP contribution in [-0.4, -0.2) is 47.9 Å². The van der Waals surface area contributed by atoms with E-state index in [1.54, 1.807) is 19.1 Å². The minimum Gasteiger partial charge on any atom is -0.478 e. The van der Waals surface area contributed by atoms with E-state index in [4.69, 9.17) is 9.52 Å². The number of aryl methyl sites for hydroxylation is 1. The average Bonchev–Trinajstić information content (AvgIpc) is 3.16. The summed E-state index contributed by atoms with van der Waals surface area (Å²) in [4.78, 5) is 42.7. The van der Waals surface area contributed by atoms with Gasteiger partial charge in [-0.3, -0.25) is 9.55 Å². The van der Waals surface area contributed by atoms with Crippen LogP contribution in [0.4, 0.5) is 4.79 Å².